The van der Waals surface area contributed by atoms with Crippen LogP contribution >= 0.6 is 0 Å². The number of aromatic nitrogens is 1. The van der Waals surface area contributed by atoms with Gasteiger partial charge in [-0.1, -0.05) is 0 Å². The van der Waals surface area contributed by atoms with Gasteiger partial charge in [-0.15, -0.1) is 0 Å². The second-order valence-electron chi connectivity index (χ2n) is 4.94. The molecule has 1 aromatic heterocycles. The van der Waals surface area contributed by atoms with E-state index in [1.54, 1.807) is 0 Å². The summed E-state index contributed by atoms with van der Waals surface area (Å²) >= 11 is 0. The lowest BCUT2D eigenvalue weighted by Crippen LogP contribution is -2.35. The molecule has 19 heavy (non-hydrogen) atoms. The summed E-state index contributed by atoms with van der Waals surface area (Å²) < 4.78 is 11.4. The lowest BCUT2D eigenvalue weighted by molar-refractivity contribution is -0.0729. The highest BCUT2D eigenvalue weighted by atomic mass is 16.5. The second kappa shape index (κ2) is 5.44. The molecule has 0 radical (unpaired) electrons. The van der Waals surface area contributed by atoms with Crippen LogP contribution in [-0.2, 0) is 4.74 Å². The molecule has 1 amide bonds. The van der Waals surface area contributed by atoms with E-state index in [9.17, 15) is 4.79 Å². The number of anilines is 1. The lowest BCUT2D eigenvalue weighted by atomic mass is 10.0. The van der Waals surface area contributed by atoms with Crippen molar-refractivity contribution in [3.63, 3.8) is 0 Å². The monoisotopic (exact) mass is 265 g/mol. The topological polar surface area (TPSA) is 100 Å². The number of rotatable bonds is 3. The lowest BCUT2D eigenvalue weighted by Gasteiger charge is -2.31. The number of carbonyl (C=O) groups excluding carboxylic acids is 1. The van der Waals surface area contributed by atoms with E-state index in [1.165, 1.54) is 12.3 Å². The summed E-state index contributed by atoms with van der Waals surface area (Å²) in [5.41, 5.74) is 11.4. The highest BCUT2D eigenvalue weighted by molar-refractivity contribution is 5.97. The Balaban J connectivity index is 2.10. The molecule has 0 saturated carbocycles. The maximum atomic E-state index is 11.2. The quantitative estimate of drug-likeness (QED) is 0.852. The Labute approximate surface area is 112 Å². The number of ether oxygens (including phenoxy) is 2. The normalized spacial score (nSPS) is 26.9. The van der Waals surface area contributed by atoms with Crippen LogP contribution in [0.5, 0.6) is 5.88 Å². The van der Waals surface area contributed by atoms with Crippen LogP contribution in [0.1, 0.15) is 37.0 Å². The molecule has 2 heterocycles. The molecule has 4 N–H and O–H groups in total. The van der Waals surface area contributed by atoms with Crippen molar-refractivity contribution >= 4 is 11.6 Å². The number of primary amides is 1. The third-order valence-electron chi connectivity index (χ3n) is 3.12. The first-order chi connectivity index (χ1) is 8.95. The molecular weight excluding hydrogens is 246 g/mol. The Morgan fingerprint density at radius 1 is 1.42 bits per heavy atom. The van der Waals surface area contributed by atoms with Crippen molar-refractivity contribution in [2.24, 2.45) is 5.73 Å². The second-order valence-corrected chi connectivity index (χ2v) is 4.94. The van der Waals surface area contributed by atoms with Crippen LogP contribution in [0.4, 0.5) is 5.69 Å². The predicted molar refractivity (Wildman–Crippen MR) is 70.8 cm³/mol. The number of nitrogens with zero attached hydrogens (tertiary/aromatic N) is 1. The first-order valence-electron chi connectivity index (χ1n) is 6.33. The summed E-state index contributed by atoms with van der Waals surface area (Å²) in [6.07, 6.45) is 3.30. The van der Waals surface area contributed by atoms with Crippen molar-refractivity contribution in [2.75, 3.05) is 5.73 Å². The first kappa shape index (κ1) is 13.6. The first-order valence-corrected chi connectivity index (χ1v) is 6.33. The minimum atomic E-state index is -0.585. The molecule has 2 atom stereocenters. The number of pyridine rings is 1. The Morgan fingerprint density at radius 2 is 2.05 bits per heavy atom. The van der Waals surface area contributed by atoms with Crippen molar-refractivity contribution in [3.05, 3.63) is 17.8 Å². The van der Waals surface area contributed by atoms with E-state index in [2.05, 4.69) is 4.98 Å². The summed E-state index contributed by atoms with van der Waals surface area (Å²) in [4.78, 5) is 15.3. The van der Waals surface area contributed by atoms with Gasteiger partial charge in [0.1, 0.15) is 6.10 Å². The minimum Gasteiger partial charge on any atom is -0.474 e. The van der Waals surface area contributed by atoms with Crippen LogP contribution in [0, 0.1) is 0 Å². The molecule has 6 nitrogen and oxygen atoms in total. The number of hydrogen-bond donors (Lipinski definition) is 2. The van der Waals surface area contributed by atoms with Gasteiger partial charge in [-0.05, 0) is 13.8 Å². The number of nitrogens with two attached hydrogens (primary N) is 2. The van der Waals surface area contributed by atoms with Crippen molar-refractivity contribution in [2.45, 2.75) is 45.0 Å². The van der Waals surface area contributed by atoms with Crippen molar-refractivity contribution in [3.8, 4) is 5.88 Å². The van der Waals surface area contributed by atoms with Crippen molar-refractivity contribution in [1.29, 1.82) is 0 Å². The summed E-state index contributed by atoms with van der Waals surface area (Å²) in [7, 11) is 0. The van der Waals surface area contributed by atoms with E-state index < -0.39 is 5.91 Å². The molecule has 1 aliphatic heterocycles. The van der Waals surface area contributed by atoms with Gasteiger partial charge in [-0.25, -0.2) is 4.98 Å². The molecule has 6 heteroatoms. The number of hydrogen-bond acceptors (Lipinski definition) is 5. The van der Waals surface area contributed by atoms with Gasteiger partial charge in [0.2, 0.25) is 5.88 Å². The van der Waals surface area contributed by atoms with Crippen LogP contribution < -0.4 is 16.2 Å². The van der Waals surface area contributed by atoms with Gasteiger partial charge in [0, 0.05) is 18.9 Å². The maximum absolute atomic E-state index is 11.2. The largest absolute Gasteiger partial charge is 0.474 e. The molecule has 104 valence electrons. The zero-order chi connectivity index (χ0) is 14.0. The standard InChI is InChI=1S/C13H19N3O3/c1-7-3-9(4-8(2)18-7)19-12-5-10(13(15)17)11(14)6-16-12/h5-9H,3-4,14H2,1-2H3,(H2,15,17). The fourth-order valence-corrected chi connectivity index (χ4v) is 2.34. The van der Waals surface area contributed by atoms with E-state index in [0.717, 1.165) is 12.8 Å². The predicted octanol–water partition coefficient (Wildman–Crippen LogP) is 1.10. The molecule has 2 rings (SSSR count). The van der Waals surface area contributed by atoms with Crippen molar-refractivity contribution < 1.29 is 14.3 Å². The Hall–Kier alpha value is -1.82. The van der Waals surface area contributed by atoms with Crippen LogP contribution in [0.2, 0.25) is 0 Å². The SMILES string of the molecule is CC1CC(Oc2cc(C(N)=O)c(N)cn2)CC(C)O1. The van der Waals surface area contributed by atoms with E-state index in [4.69, 9.17) is 20.9 Å². The summed E-state index contributed by atoms with van der Waals surface area (Å²) in [6, 6.07) is 1.49. The van der Waals surface area contributed by atoms with Gasteiger partial charge in [0.15, 0.2) is 0 Å². The highest BCUT2D eigenvalue weighted by Crippen LogP contribution is 2.24. The van der Waals surface area contributed by atoms with Gasteiger partial charge in [0.25, 0.3) is 5.91 Å². The molecule has 2 unspecified atom stereocenters. The van der Waals surface area contributed by atoms with Crippen LogP contribution in [0.25, 0.3) is 0 Å². The van der Waals surface area contributed by atoms with Crippen molar-refractivity contribution in [1.82, 2.24) is 4.98 Å². The summed E-state index contributed by atoms with van der Waals surface area (Å²) in [6.45, 7) is 4.02. The Morgan fingerprint density at radius 3 is 2.63 bits per heavy atom. The molecule has 1 fully saturated rings. The van der Waals surface area contributed by atoms with Gasteiger partial charge < -0.3 is 20.9 Å². The van der Waals surface area contributed by atoms with Crippen LogP contribution in [0.3, 0.4) is 0 Å². The molecule has 0 aliphatic carbocycles. The third-order valence-corrected chi connectivity index (χ3v) is 3.12. The van der Waals surface area contributed by atoms with E-state index >= 15 is 0 Å². The number of amides is 1. The molecular formula is C13H19N3O3. The molecule has 0 aromatic carbocycles. The fourth-order valence-electron chi connectivity index (χ4n) is 2.34. The van der Waals surface area contributed by atoms with Crippen LogP contribution in [0.15, 0.2) is 12.3 Å². The molecule has 1 saturated heterocycles. The molecule has 0 bridgehead atoms. The zero-order valence-corrected chi connectivity index (χ0v) is 11.1. The van der Waals surface area contributed by atoms with Gasteiger partial charge in [0.05, 0.1) is 29.7 Å². The summed E-state index contributed by atoms with van der Waals surface area (Å²) in [5.74, 6) is -0.215. The molecule has 1 aromatic rings. The Kier molecular flexibility index (Phi) is 3.90. The average molecular weight is 265 g/mol. The Bertz CT molecular complexity index is 468. The van der Waals surface area contributed by atoms with Gasteiger partial charge >= 0.3 is 0 Å². The number of nitrogen functional groups attached to an aromatic ring is 1. The fraction of sp³-hybridized carbons (Fsp3) is 0.538. The molecule has 0 spiro atoms. The van der Waals surface area contributed by atoms with Crippen LogP contribution in [-0.4, -0.2) is 29.2 Å². The smallest absolute Gasteiger partial charge is 0.251 e. The van der Waals surface area contributed by atoms with E-state index in [0.29, 0.717) is 5.88 Å². The van der Waals surface area contributed by atoms with E-state index in [1.807, 2.05) is 13.8 Å². The minimum absolute atomic E-state index is 0.0237. The van der Waals surface area contributed by atoms with Gasteiger partial charge in [-0.3, -0.25) is 4.79 Å². The number of carbonyl (C=O) groups is 1. The third kappa shape index (κ3) is 3.35. The average Bonchev–Trinajstić information content (AvgIpc) is 2.30. The maximum Gasteiger partial charge on any atom is 0.251 e. The highest BCUT2D eigenvalue weighted by Gasteiger charge is 2.26. The van der Waals surface area contributed by atoms with E-state index in [-0.39, 0.29) is 29.6 Å². The zero-order valence-electron chi connectivity index (χ0n) is 11.1. The summed E-state index contributed by atoms with van der Waals surface area (Å²) in [5, 5.41) is 0. The molecule has 1 aliphatic rings. The van der Waals surface area contributed by atoms with Gasteiger partial charge in [-0.2, -0.15) is 0 Å².